The van der Waals surface area contributed by atoms with Crippen LogP contribution >= 0.6 is 0 Å². The number of nitrogens with zero attached hydrogens (tertiary/aromatic N) is 8. The number of H-pyrrole nitrogens is 1. The highest BCUT2D eigenvalue weighted by molar-refractivity contribution is 5.70. The zero-order valence-corrected chi connectivity index (χ0v) is 22.3. The van der Waals surface area contributed by atoms with Crippen molar-refractivity contribution in [1.82, 2.24) is 44.5 Å². The molecule has 10 heteroatoms. The molecule has 0 spiro atoms. The van der Waals surface area contributed by atoms with Crippen molar-refractivity contribution in [2.45, 2.75) is 66.0 Å². The lowest BCUT2D eigenvalue weighted by atomic mass is 10.0. The van der Waals surface area contributed by atoms with Crippen LogP contribution in [-0.2, 0) is 19.4 Å². The van der Waals surface area contributed by atoms with Crippen LogP contribution in [0.1, 0.15) is 63.5 Å². The van der Waals surface area contributed by atoms with E-state index in [-0.39, 0.29) is 11.7 Å². The smallest absolute Gasteiger partial charge is 0.290 e. The van der Waals surface area contributed by atoms with Crippen LogP contribution in [0.2, 0.25) is 0 Å². The summed E-state index contributed by atoms with van der Waals surface area (Å²) in [6.45, 7) is 8.81. The molecule has 0 saturated carbocycles. The lowest BCUT2D eigenvalue weighted by Gasteiger charge is -2.12. The number of hydrogen-bond donors (Lipinski definition) is 1. The van der Waals surface area contributed by atoms with E-state index in [1.165, 1.54) is 0 Å². The molecule has 0 aliphatic rings. The molecule has 0 aliphatic carbocycles. The number of aromatic amines is 1. The third-order valence-corrected chi connectivity index (χ3v) is 6.74. The summed E-state index contributed by atoms with van der Waals surface area (Å²) in [5.74, 6) is 1.46. The molecule has 38 heavy (non-hydrogen) atoms. The molecule has 0 unspecified atom stereocenters. The molecular formula is C28H33N9O. The molecule has 0 amide bonds. The Morgan fingerprint density at radius 2 is 1.87 bits per heavy atom. The Bertz CT molecular complexity index is 1570. The molecule has 0 fully saturated rings. The van der Waals surface area contributed by atoms with Crippen molar-refractivity contribution in [3.63, 3.8) is 0 Å². The summed E-state index contributed by atoms with van der Waals surface area (Å²) in [6, 6.07) is 12.2. The predicted octanol–water partition coefficient (Wildman–Crippen LogP) is 4.61. The van der Waals surface area contributed by atoms with Crippen LogP contribution in [0.4, 0.5) is 0 Å². The maximum Gasteiger partial charge on any atom is 0.334 e. The highest BCUT2D eigenvalue weighted by Gasteiger charge is 2.20. The van der Waals surface area contributed by atoms with Crippen molar-refractivity contribution in [2.75, 3.05) is 0 Å². The molecule has 0 radical (unpaired) electrons. The number of rotatable bonds is 10. The first-order chi connectivity index (χ1) is 18.5. The Hall–Kier alpha value is -4.34. The van der Waals surface area contributed by atoms with Crippen LogP contribution in [0.3, 0.4) is 0 Å². The summed E-state index contributed by atoms with van der Waals surface area (Å²) in [7, 11) is 0. The van der Waals surface area contributed by atoms with Crippen LogP contribution in [0.25, 0.3) is 28.3 Å². The maximum absolute atomic E-state index is 13.9. The zero-order chi connectivity index (χ0) is 26.6. The molecule has 0 bridgehead atoms. The Morgan fingerprint density at radius 3 is 2.61 bits per heavy atom. The van der Waals surface area contributed by atoms with Crippen LogP contribution in [0.5, 0.6) is 0 Å². The summed E-state index contributed by atoms with van der Waals surface area (Å²) in [5, 5.41) is 18.8. The number of imidazole rings is 1. The first-order valence-corrected chi connectivity index (χ1v) is 13.2. The fourth-order valence-electron chi connectivity index (χ4n) is 4.72. The van der Waals surface area contributed by atoms with Crippen molar-refractivity contribution in [2.24, 2.45) is 0 Å². The van der Waals surface area contributed by atoms with Crippen LogP contribution in [0, 0.1) is 0 Å². The molecule has 5 aromatic rings. The van der Waals surface area contributed by atoms with E-state index in [2.05, 4.69) is 58.4 Å². The Kier molecular flexibility index (Phi) is 7.30. The van der Waals surface area contributed by atoms with Gasteiger partial charge in [0, 0.05) is 35.3 Å². The minimum Gasteiger partial charge on any atom is -0.290 e. The van der Waals surface area contributed by atoms with Crippen molar-refractivity contribution in [1.29, 1.82) is 0 Å². The molecular weight excluding hydrogens is 478 g/mol. The van der Waals surface area contributed by atoms with Gasteiger partial charge in [0.2, 0.25) is 0 Å². The minimum atomic E-state index is -0.0692. The Morgan fingerprint density at radius 1 is 1.05 bits per heavy atom. The van der Waals surface area contributed by atoms with Gasteiger partial charge < -0.3 is 0 Å². The fraction of sp³-hybridized carbons (Fsp3) is 0.357. The van der Waals surface area contributed by atoms with Gasteiger partial charge in [0.15, 0.2) is 5.82 Å². The molecule has 10 nitrogen and oxygen atoms in total. The van der Waals surface area contributed by atoms with E-state index in [9.17, 15) is 4.79 Å². The van der Waals surface area contributed by atoms with Gasteiger partial charge in [0.1, 0.15) is 5.82 Å². The van der Waals surface area contributed by atoms with Crippen molar-refractivity contribution >= 4 is 0 Å². The normalized spacial score (nSPS) is 11.5. The van der Waals surface area contributed by atoms with E-state index in [1.807, 2.05) is 58.0 Å². The highest BCUT2D eigenvalue weighted by atomic mass is 16.1. The number of tetrazole rings is 1. The fourth-order valence-corrected chi connectivity index (χ4v) is 4.72. The maximum atomic E-state index is 13.9. The number of hydrogen-bond acceptors (Lipinski definition) is 6. The van der Waals surface area contributed by atoms with E-state index in [0.29, 0.717) is 12.4 Å². The van der Waals surface area contributed by atoms with E-state index in [0.717, 1.165) is 65.1 Å². The number of benzene rings is 1. The van der Waals surface area contributed by atoms with E-state index < -0.39 is 0 Å². The molecule has 1 N–H and O–H groups in total. The number of aromatic nitrogens is 9. The third kappa shape index (κ3) is 4.93. The molecule has 0 saturated heterocycles. The number of nitrogens with one attached hydrogen (secondary N) is 1. The Labute approximate surface area is 221 Å². The minimum absolute atomic E-state index is 0.0692. The first-order valence-electron chi connectivity index (χ1n) is 13.2. The van der Waals surface area contributed by atoms with Gasteiger partial charge in [0.25, 0.3) is 0 Å². The molecule has 1 aromatic carbocycles. The van der Waals surface area contributed by atoms with Crippen molar-refractivity contribution in [3.8, 4) is 28.3 Å². The number of unbranched alkanes of at least 4 members (excludes halogenated alkanes) is 1. The van der Waals surface area contributed by atoms with Gasteiger partial charge in [-0.3, -0.25) is 14.1 Å². The van der Waals surface area contributed by atoms with Gasteiger partial charge in [-0.2, -0.15) is 5.10 Å². The summed E-state index contributed by atoms with van der Waals surface area (Å²) >= 11 is 0. The van der Waals surface area contributed by atoms with E-state index >= 15 is 0 Å². The van der Waals surface area contributed by atoms with Gasteiger partial charge in [-0.15, -0.1) is 5.10 Å². The average molecular weight is 512 g/mol. The lowest BCUT2D eigenvalue weighted by Crippen LogP contribution is -2.27. The monoisotopic (exact) mass is 511 g/mol. The summed E-state index contributed by atoms with van der Waals surface area (Å²) in [4.78, 5) is 18.5. The van der Waals surface area contributed by atoms with Crippen LogP contribution in [0.15, 0.2) is 59.8 Å². The standard InChI is InChI=1S/C28H33N9O/c1-5-7-11-25-18-36(27-20(6-2)16-30-37(27)19(3)4)28(38)35(25)17-24-15-22(12-13-29-24)21-9-8-10-23(14-21)26-31-33-34-32-26/h8-10,12-16,18-19H,5-7,11,17H2,1-4H3,(H,31,32,33,34). The molecule has 196 valence electrons. The number of pyridine rings is 1. The zero-order valence-electron chi connectivity index (χ0n) is 22.3. The predicted molar refractivity (Wildman–Crippen MR) is 146 cm³/mol. The van der Waals surface area contributed by atoms with Crippen LogP contribution < -0.4 is 5.69 Å². The van der Waals surface area contributed by atoms with Crippen LogP contribution in [-0.4, -0.2) is 44.5 Å². The second kappa shape index (κ2) is 11.0. The van der Waals surface area contributed by atoms with Gasteiger partial charge in [0.05, 0.1) is 18.4 Å². The molecule has 0 aliphatic heterocycles. The largest absolute Gasteiger partial charge is 0.334 e. The molecule has 0 atom stereocenters. The summed E-state index contributed by atoms with van der Waals surface area (Å²) < 4.78 is 5.56. The average Bonchev–Trinajstić information content (AvgIpc) is 3.68. The molecule has 4 heterocycles. The lowest BCUT2D eigenvalue weighted by molar-refractivity contribution is 0.517. The van der Waals surface area contributed by atoms with Gasteiger partial charge in [-0.25, -0.2) is 14.6 Å². The SMILES string of the molecule is CCCCc1cn(-c2c(CC)cnn2C(C)C)c(=O)n1Cc1cc(-c2cccc(-c3nnn[nH]3)c2)ccn1. The Balaban J connectivity index is 1.53. The second-order valence-electron chi connectivity index (χ2n) is 9.71. The first kappa shape index (κ1) is 25.3. The van der Waals surface area contributed by atoms with Gasteiger partial charge in [-0.05, 0) is 72.9 Å². The van der Waals surface area contributed by atoms with Gasteiger partial charge >= 0.3 is 5.69 Å². The highest BCUT2D eigenvalue weighted by Crippen LogP contribution is 2.25. The quantitative estimate of drug-likeness (QED) is 0.293. The molecule has 5 rings (SSSR count). The second-order valence-corrected chi connectivity index (χ2v) is 9.71. The van der Waals surface area contributed by atoms with E-state index in [1.54, 1.807) is 10.8 Å². The van der Waals surface area contributed by atoms with Gasteiger partial charge in [-0.1, -0.05) is 38.5 Å². The summed E-state index contributed by atoms with van der Waals surface area (Å²) in [6.07, 6.45) is 9.34. The number of aryl methyl sites for hydroxylation is 2. The third-order valence-electron chi connectivity index (χ3n) is 6.74. The van der Waals surface area contributed by atoms with Crippen molar-refractivity contribution in [3.05, 3.63) is 82.4 Å². The van der Waals surface area contributed by atoms with E-state index in [4.69, 9.17) is 0 Å². The van der Waals surface area contributed by atoms with Crippen molar-refractivity contribution < 1.29 is 0 Å². The topological polar surface area (TPSA) is 112 Å². The molecule has 4 aromatic heterocycles. The summed E-state index contributed by atoms with van der Waals surface area (Å²) in [5.41, 5.74) is 5.74.